The highest BCUT2D eigenvalue weighted by Gasteiger charge is 2.18. The molecular weight excluding hydrogens is 236 g/mol. The van der Waals surface area contributed by atoms with Gasteiger partial charge in [-0.25, -0.2) is 0 Å². The highest BCUT2D eigenvalue weighted by atomic mass is 16.5. The lowest BCUT2D eigenvalue weighted by Gasteiger charge is -2.26. The van der Waals surface area contributed by atoms with Crippen LogP contribution in [0.5, 0.6) is 0 Å². The molecule has 0 spiro atoms. The van der Waals surface area contributed by atoms with Crippen LogP contribution in [-0.2, 0) is 4.74 Å². The number of rotatable bonds is 6. The number of hydrogen-bond acceptors (Lipinski definition) is 2. The Morgan fingerprint density at radius 1 is 1.16 bits per heavy atom. The average Bonchev–Trinajstić information content (AvgIpc) is 2.46. The van der Waals surface area contributed by atoms with Crippen molar-refractivity contribution in [2.75, 3.05) is 6.61 Å². The second-order valence-electron chi connectivity index (χ2n) is 5.65. The molecule has 1 saturated carbocycles. The maximum Gasteiger partial charge on any atom is 0.162 e. The zero-order valence-electron chi connectivity index (χ0n) is 11.8. The third-order valence-corrected chi connectivity index (χ3v) is 3.96. The Bertz CT molecular complexity index is 378. The van der Waals surface area contributed by atoms with Gasteiger partial charge in [0.25, 0.3) is 0 Å². The summed E-state index contributed by atoms with van der Waals surface area (Å²) in [5.74, 6) is 1.08. The molecule has 19 heavy (non-hydrogen) atoms. The second-order valence-corrected chi connectivity index (χ2v) is 5.65. The highest BCUT2D eigenvalue weighted by Crippen LogP contribution is 2.25. The molecule has 2 rings (SSSR count). The van der Waals surface area contributed by atoms with Crippen LogP contribution in [0, 0.1) is 5.92 Å². The summed E-state index contributed by atoms with van der Waals surface area (Å²) in [6.07, 6.45) is 6.80. The molecule has 0 unspecified atom stereocenters. The second kappa shape index (κ2) is 7.44. The van der Waals surface area contributed by atoms with E-state index in [2.05, 4.69) is 6.92 Å². The molecular formula is C17H24O2. The summed E-state index contributed by atoms with van der Waals surface area (Å²) in [5, 5.41) is 0. The van der Waals surface area contributed by atoms with Gasteiger partial charge in [-0.15, -0.1) is 0 Å². The van der Waals surface area contributed by atoms with Crippen LogP contribution in [-0.4, -0.2) is 18.5 Å². The lowest BCUT2D eigenvalue weighted by atomic mass is 9.89. The maximum absolute atomic E-state index is 11.9. The summed E-state index contributed by atoms with van der Waals surface area (Å²) in [6.45, 7) is 3.03. The molecule has 104 valence electrons. The Labute approximate surface area is 116 Å². The van der Waals surface area contributed by atoms with Gasteiger partial charge in [0.15, 0.2) is 5.78 Å². The standard InChI is InChI=1S/C17H24O2/c1-14-9-11-16(12-10-14)19-13-5-8-17(18)15-6-3-2-4-7-15/h2-4,6-7,14,16H,5,8-13H2,1H3. The average molecular weight is 260 g/mol. The quantitative estimate of drug-likeness (QED) is 0.564. The lowest BCUT2D eigenvalue weighted by Crippen LogP contribution is -2.21. The maximum atomic E-state index is 11.9. The molecule has 2 nitrogen and oxygen atoms in total. The van der Waals surface area contributed by atoms with Crippen molar-refractivity contribution in [1.29, 1.82) is 0 Å². The summed E-state index contributed by atoms with van der Waals surface area (Å²) in [4.78, 5) is 11.9. The van der Waals surface area contributed by atoms with Crippen molar-refractivity contribution < 1.29 is 9.53 Å². The molecule has 0 amide bonds. The van der Waals surface area contributed by atoms with Crippen LogP contribution >= 0.6 is 0 Å². The summed E-state index contributed by atoms with van der Waals surface area (Å²) < 4.78 is 5.87. The fourth-order valence-electron chi connectivity index (χ4n) is 2.65. The number of ether oxygens (including phenoxy) is 1. The Kier molecular flexibility index (Phi) is 5.59. The molecule has 1 aliphatic carbocycles. The van der Waals surface area contributed by atoms with E-state index >= 15 is 0 Å². The molecule has 2 heteroatoms. The predicted molar refractivity (Wildman–Crippen MR) is 77.4 cm³/mol. The number of hydrogen-bond donors (Lipinski definition) is 0. The van der Waals surface area contributed by atoms with Gasteiger partial charge in [0, 0.05) is 18.6 Å². The van der Waals surface area contributed by atoms with E-state index in [1.54, 1.807) is 0 Å². The summed E-state index contributed by atoms with van der Waals surface area (Å²) in [7, 11) is 0. The molecule has 0 saturated heterocycles. The predicted octanol–water partition coefficient (Wildman–Crippen LogP) is 4.24. The minimum Gasteiger partial charge on any atom is -0.378 e. The summed E-state index contributed by atoms with van der Waals surface area (Å²) >= 11 is 0. The van der Waals surface area contributed by atoms with Crippen LogP contribution in [0.4, 0.5) is 0 Å². The van der Waals surface area contributed by atoms with E-state index < -0.39 is 0 Å². The van der Waals surface area contributed by atoms with Crippen molar-refractivity contribution in [2.45, 2.75) is 51.6 Å². The molecule has 0 atom stereocenters. The van der Waals surface area contributed by atoms with Crippen LogP contribution in [0.25, 0.3) is 0 Å². The van der Waals surface area contributed by atoms with E-state index in [-0.39, 0.29) is 5.78 Å². The fraction of sp³-hybridized carbons (Fsp3) is 0.588. The monoisotopic (exact) mass is 260 g/mol. The van der Waals surface area contributed by atoms with Crippen LogP contribution in [0.3, 0.4) is 0 Å². The SMILES string of the molecule is CC1CCC(OCCCC(=O)c2ccccc2)CC1. The van der Waals surface area contributed by atoms with E-state index in [9.17, 15) is 4.79 Å². The van der Waals surface area contributed by atoms with Gasteiger partial charge in [-0.3, -0.25) is 4.79 Å². The highest BCUT2D eigenvalue weighted by molar-refractivity contribution is 5.95. The van der Waals surface area contributed by atoms with Gasteiger partial charge >= 0.3 is 0 Å². The van der Waals surface area contributed by atoms with Gasteiger partial charge in [-0.2, -0.15) is 0 Å². The van der Waals surface area contributed by atoms with Crippen molar-refractivity contribution in [3.8, 4) is 0 Å². The normalized spacial score (nSPS) is 23.2. The smallest absolute Gasteiger partial charge is 0.162 e. The topological polar surface area (TPSA) is 26.3 Å². The summed E-state index contributed by atoms with van der Waals surface area (Å²) in [5.41, 5.74) is 0.814. The molecule has 0 radical (unpaired) electrons. The van der Waals surface area contributed by atoms with Crippen LogP contribution in [0.1, 0.15) is 55.8 Å². The van der Waals surface area contributed by atoms with Gasteiger partial charge in [0.2, 0.25) is 0 Å². The third-order valence-electron chi connectivity index (χ3n) is 3.96. The first-order valence-electron chi connectivity index (χ1n) is 7.45. The van der Waals surface area contributed by atoms with E-state index in [4.69, 9.17) is 4.74 Å². The van der Waals surface area contributed by atoms with Crippen LogP contribution < -0.4 is 0 Å². The molecule has 0 aliphatic heterocycles. The minimum atomic E-state index is 0.224. The van der Waals surface area contributed by atoms with Crippen LogP contribution in [0.2, 0.25) is 0 Å². The van der Waals surface area contributed by atoms with Gasteiger partial charge in [-0.1, -0.05) is 37.3 Å². The van der Waals surface area contributed by atoms with Crippen molar-refractivity contribution >= 4 is 5.78 Å². The molecule has 0 bridgehead atoms. The zero-order valence-corrected chi connectivity index (χ0v) is 11.8. The lowest BCUT2D eigenvalue weighted by molar-refractivity contribution is 0.0181. The van der Waals surface area contributed by atoms with Gasteiger partial charge in [0.1, 0.15) is 0 Å². The molecule has 1 aromatic carbocycles. The van der Waals surface area contributed by atoms with Gasteiger partial charge in [0.05, 0.1) is 6.10 Å². The number of carbonyl (C=O) groups is 1. The minimum absolute atomic E-state index is 0.224. The first-order valence-corrected chi connectivity index (χ1v) is 7.45. The molecule has 1 fully saturated rings. The van der Waals surface area contributed by atoms with Crippen molar-refractivity contribution in [3.05, 3.63) is 35.9 Å². The Hall–Kier alpha value is -1.15. The van der Waals surface area contributed by atoms with E-state index in [1.807, 2.05) is 30.3 Å². The van der Waals surface area contributed by atoms with Gasteiger partial charge in [-0.05, 0) is 38.0 Å². The number of benzene rings is 1. The van der Waals surface area contributed by atoms with E-state index in [0.29, 0.717) is 12.5 Å². The number of Topliss-reactive ketones (excluding diaryl/α,β-unsaturated/α-hetero) is 1. The number of ketones is 1. The molecule has 0 N–H and O–H groups in total. The van der Waals surface area contributed by atoms with E-state index in [1.165, 1.54) is 25.7 Å². The Morgan fingerprint density at radius 2 is 1.84 bits per heavy atom. The first kappa shape index (κ1) is 14.3. The molecule has 1 aromatic rings. The number of carbonyl (C=O) groups excluding carboxylic acids is 1. The molecule has 1 aliphatic rings. The van der Waals surface area contributed by atoms with Crippen molar-refractivity contribution in [2.24, 2.45) is 5.92 Å². The van der Waals surface area contributed by atoms with Crippen LogP contribution in [0.15, 0.2) is 30.3 Å². The fourth-order valence-corrected chi connectivity index (χ4v) is 2.65. The molecule has 0 aromatic heterocycles. The van der Waals surface area contributed by atoms with Crippen molar-refractivity contribution in [1.82, 2.24) is 0 Å². The largest absolute Gasteiger partial charge is 0.378 e. The Balaban J connectivity index is 1.61. The zero-order chi connectivity index (χ0) is 13.5. The van der Waals surface area contributed by atoms with Gasteiger partial charge < -0.3 is 4.74 Å². The first-order chi connectivity index (χ1) is 9.25. The van der Waals surface area contributed by atoms with E-state index in [0.717, 1.165) is 24.5 Å². The Morgan fingerprint density at radius 3 is 2.53 bits per heavy atom. The summed E-state index contributed by atoms with van der Waals surface area (Å²) in [6, 6.07) is 9.52. The van der Waals surface area contributed by atoms with Crippen molar-refractivity contribution in [3.63, 3.8) is 0 Å². The third kappa shape index (κ3) is 4.79. The molecule has 0 heterocycles.